The summed E-state index contributed by atoms with van der Waals surface area (Å²) >= 11 is 18.1. The first kappa shape index (κ1) is 40.0. The largest absolute Gasteiger partial charge is 0.461 e. The third-order valence-electron chi connectivity index (χ3n) is 5.53. The van der Waals surface area contributed by atoms with E-state index in [9.17, 15) is 28.8 Å². The van der Waals surface area contributed by atoms with E-state index in [1.807, 2.05) is 0 Å². The van der Waals surface area contributed by atoms with Gasteiger partial charge in [0.15, 0.2) is 6.04 Å². The number of carbonyl (C=O) groups excluding carboxylic acids is 6. The Kier molecular flexibility index (Phi) is 18.0. The number of benzene rings is 1. The van der Waals surface area contributed by atoms with Crippen LogP contribution in [0.1, 0.15) is 33.3 Å². The minimum absolute atomic E-state index is 0.0383. The van der Waals surface area contributed by atoms with Crippen LogP contribution in [0.3, 0.4) is 0 Å². The number of ether oxygens (including phenoxy) is 3. The monoisotopic (exact) mass is 713 g/mol. The number of nitrogens with two attached hydrogens (primary N) is 1. The Bertz CT molecular complexity index is 1160. The van der Waals surface area contributed by atoms with Gasteiger partial charge in [0.05, 0.1) is 11.9 Å². The molecule has 0 aromatic heterocycles. The normalized spacial score (nSPS) is 13.8. The van der Waals surface area contributed by atoms with E-state index in [-0.39, 0.29) is 24.1 Å². The minimum atomic E-state index is -1.95. The maximum atomic E-state index is 13.1. The molecule has 0 bridgehead atoms. The predicted octanol–water partition coefficient (Wildman–Crippen LogP) is 1.54. The van der Waals surface area contributed by atoms with Crippen molar-refractivity contribution in [1.82, 2.24) is 21.3 Å². The van der Waals surface area contributed by atoms with E-state index < -0.39 is 76.9 Å². The number of thioether (sulfide) groups is 1. The van der Waals surface area contributed by atoms with Crippen LogP contribution in [0.15, 0.2) is 30.3 Å². The van der Waals surface area contributed by atoms with Crippen LogP contribution in [0, 0.1) is 5.92 Å². The highest BCUT2D eigenvalue weighted by Gasteiger charge is 2.33. The van der Waals surface area contributed by atoms with Crippen molar-refractivity contribution < 1.29 is 43.0 Å². The molecule has 0 heterocycles. The highest BCUT2D eigenvalue weighted by molar-refractivity contribution is 7.99. The van der Waals surface area contributed by atoms with Crippen LogP contribution in [-0.4, -0.2) is 88.6 Å². The molecule has 0 spiro atoms. The maximum absolute atomic E-state index is 13.1. The van der Waals surface area contributed by atoms with Crippen molar-refractivity contribution in [2.75, 3.05) is 24.8 Å². The Labute approximate surface area is 280 Å². The summed E-state index contributed by atoms with van der Waals surface area (Å²) in [4.78, 5) is 74.7. The Hall–Kier alpha value is -2.98. The zero-order valence-corrected chi connectivity index (χ0v) is 28.2. The van der Waals surface area contributed by atoms with Crippen LogP contribution in [-0.2, 0) is 44.8 Å². The molecule has 252 valence electrons. The third kappa shape index (κ3) is 17.3. The summed E-state index contributed by atoms with van der Waals surface area (Å²) in [5.74, 6) is -3.98. The lowest BCUT2D eigenvalue weighted by atomic mass is 10.0. The summed E-state index contributed by atoms with van der Waals surface area (Å²) in [5, 5.41) is 9.86. The molecule has 0 aliphatic heterocycles. The lowest BCUT2D eigenvalue weighted by Crippen LogP contribution is -2.56. The van der Waals surface area contributed by atoms with Gasteiger partial charge in [-0.1, -0.05) is 79.0 Å². The van der Waals surface area contributed by atoms with Crippen LogP contribution in [0.4, 0.5) is 4.79 Å². The molecule has 0 aliphatic carbocycles. The van der Waals surface area contributed by atoms with Crippen molar-refractivity contribution >= 4 is 82.3 Å². The lowest BCUT2D eigenvalue weighted by Gasteiger charge is -2.26. The van der Waals surface area contributed by atoms with Gasteiger partial charge >= 0.3 is 18.0 Å². The molecule has 0 saturated heterocycles. The number of rotatable bonds is 17. The number of halogens is 3. The summed E-state index contributed by atoms with van der Waals surface area (Å²) in [6.45, 7) is 4.50. The number of esters is 2. The fourth-order valence-electron chi connectivity index (χ4n) is 3.15. The summed E-state index contributed by atoms with van der Waals surface area (Å²) < 4.78 is 13.4. The average molecular weight is 715 g/mol. The number of hydrogen-bond acceptors (Lipinski definition) is 11. The third-order valence-corrected chi connectivity index (χ3v) is 6.78. The van der Waals surface area contributed by atoms with E-state index in [4.69, 9.17) is 54.7 Å². The van der Waals surface area contributed by atoms with Gasteiger partial charge in [-0.3, -0.25) is 14.4 Å². The standard InChI is InChI=1S/C27H38Cl3N5O9S/c1-15(2)21(35-23(38)20(33-22(37)16(3)31)12-45-14-32-17(4)36)25(40)42-11-19(24(39)44-13-27(28,29)30)34-26(41)43-10-18-8-6-5-7-9-18/h5-9,15-16,19-21H,10-14,31H2,1-4H3,(H,32,36)(H,33,37)(H,34,41)(H,35,38)/t16-,19+,20-,21-/m0/s1. The van der Waals surface area contributed by atoms with Crippen LogP contribution in [0.2, 0.25) is 0 Å². The van der Waals surface area contributed by atoms with Gasteiger partial charge in [-0.15, -0.1) is 11.8 Å². The van der Waals surface area contributed by atoms with Crippen molar-refractivity contribution in [2.45, 2.75) is 62.3 Å². The van der Waals surface area contributed by atoms with Gasteiger partial charge < -0.3 is 41.2 Å². The topological polar surface area (TPSA) is 204 Å². The molecule has 4 atom stereocenters. The minimum Gasteiger partial charge on any atom is -0.461 e. The van der Waals surface area contributed by atoms with Gasteiger partial charge in [-0.25, -0.2) is 14.4 Å². The number of hydrogen-bond donors (Lipinski definition) is 5. The Morgan fingerprint density at radius 2 is 1.51 bits per heavy atom. The maximum Gasteiger partial charge on any atom is 0.408 e. The summed E-state index contributed by atoms with van der Waals surface area (Å²) in [7, 11) is 0. The molecule has 14 nitrogen and oxygen atoms in total. The molecule has 18 heteroatoms. The number of carbonyl (C=O) groups is 6. The van der Waals surface area contributed by atoms with E-state index in [0.717, 1.165) is 11.8 Å². The fourth-order valence-corrected chi connectivity index (χ4v) is 4.21. The molecule has 0 saturated carbocycles. The quantitative estimate of drug-likeness (QED) is 0.0515. The van der Waals surface area contributed by atoms with E-state index in [1.54, 1.807) is 44.2 Å². The van der Waals surface area contributed by atoms with Crippen LogP contribution < -0.4 is 27.0 Å². The van der Waals surface area contributed by atoms with E-state index in [0.29, 0.717) is 5.56 Å². The number of alkyl carbamates (subject to hydrolysis) is 1. The van der Waals surface area contributed by atoms with Crippen molar-refractivity contribution in [3.63, 3.8) is 0 Å². The molecule has 0 radical (unpaired) electrons. The molecule has 6 N–H and O–H groups in total. The first-order valence-corrected chi connectivity index (χ1v) is 15.8. The number of amides is 4. The van der Waals surface area contributed by atoms with Gasteiger partial charge in [0.2, 0.25) is 21.5 Å². The first-order valence-electron chi connectivity index (χ1n) is 13.6. The fraction of sp³-hybridized carbons (Fsp3) is 0.556. The zero-order chi connectivity index (χ0) is 34.2. The Morgan fingerprint density at radius 1 is 0.867 bits per heavy atom. The zero-order valence-electron chi connectivity index (χ0n) is 25.1. The van der Waals surface area contributed by atoms with Crippen LogP contribution in [0.25, 0.3) is 0 Å². The molecule has 1 aromatic carbocycles. The molecule has 1 aromatic rings. The SMILES string of the molecule is CC(=O)NCSC[C@H](NC(=O)[C@H](C)N)C(=O)N[C@H](C(=O)OC[C@@H](NC(=O)OCc1ccccc1)C(=O)OCC(Cl)(Cl)Cl)C(C)C. The highest BCUT2D eigenvalue weighted by Crippen LogP contribution is 2.26. The second kappa shape index (κ2) is 20.2. The second-order valence-corrected chi connectivity index (χ2v) is 13.5. The first-order chi connectivity index (χ1) is 21.0. The van der Waals surface area contributed by atoms with Crippen molar-refractivity contribution in [1.29, 1.82) is 0 Å². The van der Waals surface area contributed by atoms with E-state index in [2.05, 4.69) is 21.3 Å². The lowest BCUT2D eigenvalue weighted by molar-refractivity contribution is -0.155. The van der Waals surface area contributed by atoms with Gasteiger partial charge in [0.1, 0.15) is 31.9 Å². The van der Waals surface area contributed by atoms with Gasteiger partial charge in [0, 0.05) is 12.7 Å². The van der Waals surface area contributed by atoms with Crippen molar-refractivity contribution in [3.8, 4) is 0 Å². The summed E-state index contributed by atoms with van der Waals surface area (Å²) in [6.07, 6.45) is -1.02. The molecule has 0 aliphatic rings. The molecule has 4 amide bonds. The van der Waals surface area contributed by atoms with Crippen LogP contribution in [0.5, 0.6) is 0 Å². The molecule has 45 heavy (non-hydrogen) atoms. The molecule has 0 unspecified atom stereocenters. The highest BCUT2D eigenvalue weighted by atomic mass is 35.6. The average Bonchev–Trinajstić information content (AvgIpc) is 2.96. The summed E-state index contributed by atoms with van der Waals surface area (Å²) in [6, 6.07) is 3.86. The molecular formula is C27H38Cl3N5O9S. The Morgan fingerprint density at radius 3 is 2.07 bits per heavy atom. The van der Waals surface area contributed by atoms with E-state index >= 15 is 0 Å². The van der Waals surface area contributed by atoms with Crippen molar-refractivity contribution in [2.24, 2.45) is 11.7 Å². The second-order valence-electron chi connectivity index (χ2n) is 9.94. The van der Waals surface area contributed by atoms with Gasteiger partial charge in [-0.05, 0) is 18.4 Å². The molecular weight excluding hydrogens is 677 g/mol. The van der Waals surface area contributed by atoms with E-state index in [1.165, 1.54) is 13.8 Å². The van der Waals surface area contributed by atoms with Crippen LogP contribution >= 0.6 is 46.6 Å². The smallest absolute Gasteiger partial charge is 0.408 e. The molecule has 1 rings (SSSR count). The van der Waals surface area contributed by atoms with Gasteiger partial charge in [0.25, 0.3) is 0 Å². The summed E-state index contributed by atoms with van der Waals surface area (Å²) in [5.41, 5.74) is 6.29. The number of alkyl halides is 3. The Balaban J connectivity index is 2.96. The van der Waals surface area contributed by atoms with Crippen molar-refractivity contribution in [3.05, 3.63) is 35.9 Å². The molecule has 0 fully saturated rings. The number of nitrogens with one attached hydrogen (secondary N) is 4. The predicted molar refractivity (Wildman–Crippen MR) is 169 cm³/mol. The van der Waals surface area contributed by atoms with Gasteiger partial charge in [-0.2, -0.15) is 0 Å².